The number of nitrogens with one attached hydrogen (secondary N) is 1. The van der Waals surface area contributed by atoms with Crippen LogP contribution in [0.15, 0.2) is 36.4 Å². The van der Waals surface area contributed by atoms with Crippen molar-refractivity contribution < 1.29 is 28.6 Å². The van der Waals surface area contributed by atoms with E-state index >= 15 is 0 Å². The molecule has 0 saturated heterocycles. The van der Waals surface area contributed by atoms with Gasteiger partial charge in [-0.2, -0.15) is 4.39 Å². The fourth-order valence-electron chi connectivity index (χ4n) is 1.99. The van der Waals surface area contributed by atoms with Gasteiger partial charge in [0.25, 0.3) is 11.6 Å². The molecule has 0 aromatic heterocycles. The summed E-state index contributed by atoms with van der Waals surface area (Å²) in [7, 11) is 0. The first-order valence-electron chi connectivity index (χ1n) is 7.14. The smallest absolute Gasteiger partial charge is 0.340 e. The fourth-order valence-corrected chi connectivity index (χ4v) is 1.99. The number of esters is 1. The number of anilines is 2. The average molecular weight is 378 g/mol. The van der Waals surface area contributed by atoms with E-state index in [9.17, 15) is 34.2 Å². The van der Waals surface area contributed by atoms with Gasteiger partial charge in [-0.25, -0.2) is 4.79 Å². The van der Waals surface area contributed by atoms with Crippen molar-refractivity contribution in [3.63, 3.8) is 0 Å². The third-order valence-corrected chi connectivity index (χ3v) is 3.23. The second-order valence-electron chi connectivity index (χ2n) is 5.08. The molecule has 0 radical (unpaired) electrons. The van der Waals surface area contributed by atoms with Crippen LogP contribution >= 0.6 is 0 Å². The number of ether oxygens (including phenoxy) is 1. The molecule has 0 atom stereocenters. The summed E-state index contributed by atoms with van der Waals surface area (Å²) >= 11 is 0. The molecule has 12 heteroatoms. The van der Waals surface area contributed by atoms with E-state index in [4.69, 9.17) is 10.5 Å². The Balaban J connectivity index is 1.99. The molecule has 140 valence electrons. The number of nitrogen functional groups attached to an aromatic ring is 1. The lowest BCUT2D eigenvalue weighted by Gasteiger charge is -2.08. The molecular formula is C15H11FN4O7. The predicted molar refractivity (Wildman–Crippen MR) is 89.5 cm³/mol. The number of nitro benzene ring substituents is 2. The number of halogens is 1. The van der Waals surface area contributed by atoms with Crippen LogP contribution < -0.4 is 11.1 Å². The molecule has 0 saturated carbocycles. The number of hydrogen-bond acceptors (Lipinski definition) is 8. The van der Waals surface area contributed by atoms with Gasteiger partial charge in [0, 0.05) is 23.9 Å². The van der Waals surface area contributed by atoms with Crippen molar-refractivity contribution in [3.05, 3.63) is 68.0 Å². The van der Waals surface area contributed by atoms with Crippen LogP contribution in [0.4, 0.5) is 27.1 Å². The number of non-ortho nitro benzene ring substituents is 1. The van der Waals surface area contributed by atoms with Gasteiger partial charge in [-0.15, -0.1) is 0 Å². The summed E-state index contributed by atoms with van der Waals surface area (Å²) in [6.45, 7) is -0.763. The van der Waals surface area contributed by atoms with Crippen molar-refractivity contribution in [2.24, 2.45) is 0 Å². The van der Waals surface area contributed by atoms with Crippen LogP contribution in [0.3, 0.4) is 0 Å². The van der Waals surface area contributed by atoms with E-state index in [1.54, 1.807) is 0 Å². The predicted octanol–water partition coefficient (Wildman–Crippen LogP) is 2.02. The minimum atomic E-state index is -1.07. The van der Waals surface area contributed by atoms with Crippen molar-refractivity contribution in [3.8, 4) is 0 Å². The minimum absolute atomic E-state index is 0.0704. The lowest BCUT2D eigenvalue weighted by atomic mass is 10.1. The first-order chi connectivity index (χ1) is 12.7. The van der Waals surface area contributed by atoms with Gasteiger partial charge in [0.15, 0.2) is 6.61 Å². The Morgan fingerprint density at radius 3 is 2.41 bits per heavy atom. The highest BCUT2D eigenvalue weighted by Gasteiger charge is 2.18. The van der Waals surface area contributed by atoms with E-state index in [0.29, 0.717) is 0 Å². The van der Waals surface area contributed by atoms with E-state index in [-0.39, 0.29) is 22.6 Å². The molecule has 0 bridgehead atoms. The van der Waals surface area contributed by atoms with Gasteiger partial charge in [0.1, 0.15) is 0 Å². The third kappa shape index (κ3) is 4.72. The molecule has 11 nitrogen and oxygen atoms in total. The van der Waals surface area contributed by atoms with Crippen LogP contribution in [0.1, 0.15) is 10.4 Å². The van der Waals surface area contributed by atoms with E-state index < -0.39 is 39.8 Å². The lowest BCUT2D eigenvalue weighted by Crippen LogP contribution is -2.21. The third-order valence-electron chi connectivity index (χ3n) is 3.23. The monoisotopic (exact) mass is 378 g/mol. The van der Waals surface area contributed by atoms with Crippen LogP contribution in [0, 0.1) is 26.0 Å². The molecule has 0 aliphatic rings. The zero-order chi connectivity index (χ0) is 20.1. The summed E-state index contributed by atoms with van der Waals surface area (Å²) in [5.41, 5.74) is 3.94. The standard InChI is InChI=1S/C15H11FN4O7/c16-11-4-1-8(5-13(11)20(25)26)18-14(21)7-27-15(22)10-3-2-9(19(23)24)6-12(10)17/h1-6H,7,17H2,(H,18,21). The molecule has 0 spiro atoms. The quantitative estimate of drug-likeness (QED) is 0.333. The maximum atomic E-state index is 13.2. The van der Waals surface area contributed by atoms with E-state index in [2.05, 4.69) is 5.32 Å². The van der Waals surface area contributed by atoms with E-state index in [0.717, 1.165) is 36.4 Å². The van der Waals surface area contributed by atoms with E-state index in [1.807, 2.05) is 0 Å². The second kappa shape index (κ2) is 7.86. The summed E-state index contributed by atoms with van der Waals surface area (Å²) in [4.78, 5) is 43.3. The number of hydrogen-bond donors (Lipinski definition) is 2. The first kappa shape index (κ1) is 19.2. The lowest BCUT2D eigenvalue weighted by molar-refractivity contribution is -0.387. The molecule has 3 N–H and O–H groups in total. The Labute approximate surface area is 149 Å². The number of rotatable bonds is 6. The van der Waals surface area contributed by atoms with Gasteiger partial charge >= 0.3 is 11.7 Å². The largest absolute Gasteiger partial charge is 0.452 e. The van der Waals surface area contributed by atoms with Crippen LogP contribution in [-0.2, 0) is 9.53 Å². The number of carbonyl (C=O) groups is 2. The maximum Gasteiger partial charge on any atom is 0.340 e. The Morgan fingerprint density at radius 1 is 1.11 bits per heavy atom. The number of benzene rings is 2. The number of nitrogens with zero attached hydrogens (tertiary/aromatic N) is 2. The number of nitrogens with two attached hydrogens (primary N) is 1. The average Bonchev–Trinajstić information content (AvgIpc) is 2.60. The molecule has 2 aromatic rings. The topological polar surface area (TPSA) is 168 Å². The SMILES string of the molecule is Nc1cc([N+](=O)[O-])ccc1C(=O)OCC(=O)Nc1ccc(F)c([N+](=O)[O-])c1. The highest BCUT2D eigenvalue weighted by Crippen LogP contribution is 2.22. The number of amides is 1. The van der Waals surface area contributed by atoms with Gasteiger partial charge in [0.2, 0.25) is 5.82 Å². The van der Waals surface area contributed by atoms with Gasteiger partial charge in [-0.05, 0) is 18.2 Å². The Kier molecular flexibility index (Phi) is 5.60. The van der Waals surface area contributed by atoms with Crippen molar-refractivity contribution in [2.45, 2.75) is 0 Å². The van der Waals surface area contributed by atoms with Gasteiger partial charge in [-0.1, -0.05) is 0 Å². The highest BCUT2D eigenvalue weighted by molar-refractivity contribution is 5.98. The molecule has 0 heterocycles. The van der Waals surface area contributed by atoms with Crippen molar-refractivity contribution in [2.75, 3.05) is 17.7 Å². The molecule has 0 aliphatic heterocycles. The highest BCUT2D eigenvalue weighted by atomic mass is 19.1. The molecule has 0 fully saturated rings. The van der Waals surface area contributed by atoms with Crippen LogP contribution in [0.25, 0.3) is 0 Å². The summed E-state index contributed by atoms with van der Waals surface area (Å²) in [6.07, 6.45) is 0. The number of nitro groups is 2. The number of carbonyl (C=O) groups excluding carboxylic acids is 2. The minimum Gasteiger partial charge on any atom is -0.452 e. The summed E-state index contributed by atoms with van der Waals surface area (Å²) in [5, 5.41) is 23.5. The zero-order valence-electron chi connectivity index (χ0n) is 13.4. The Hall–Kier alpha value is -4.09. The molecule has 0 unspecified atom stereocenters. The maximum absolute atomic E-state index is 13.2. The van der Waals surface area contributed by atoms with Crippen LogP contribution in [-0.4, -0.2) is 28.3 Å². The van der Waals surface area contributed by atoms with E-state index in [1.165, 1.54) is 0 Å². The molecule has 2 aromatic carbocycles. The molecule has 2 rings (SSSR count). The second-order valence-corrected chi connectivity index (χ2v) is 5.08. The molecule has 27 heavy (non-hydrogen) atoms. The molecule has 0 aliphatic carbocycles. The van der Waals surface area contributed by atoms with Gasteiger partial charge in [-0.3, -0.25) is 25.0 Å². The Bertz CT molecular complexity index is 948. The Morgan fingerprint density at radius 2 is 1.81 bits per heavy atom. The fraction of sp³-hybridized carbons (Fsp3) is 0.0667. The summed E-state index contributed by atoms with van der Waals surface area (Å²) < 4.78 is 18.0. The van der Waals surface area contributed by atoms with Crippen molar-refractivity contribution in [1.29, 1.82) is 0 Å². The molecular weight excluding hydrogens is 367 g/mol. The first-order valence-corrected chi connectivity index (χ1v) is 7.14. The normalized spacial score (nSPS) is 10.1. The summed E-state index contributed by atoms with van der Waals surface area (Å²) in [5.74, 6) is -2.91. The van der Waals surface area contributed by atoms with Gasteiger partial charge in [0.05, 0.1) is 21.1 Å². The van der Waals surface area contributed by atoms with Crippen LogP contribution in [0.5, 0.6) is 0 Å². The van der Waals surface area contributed by atoms with Gasteiger partial charge < -0.3 is 15.8 Å². The molecule has 1 amide bonds. The zero-order valence-corrected chi connectivity index (χ0v) is 13.4. The summed E-state index contributed by atoms with van der Waals surface area (Å²) in [6, 6.07) is 5.80. The van der Waals surface area contributed by atoms with Crippen molar-refractivity contribution >= 4 is 34.6 Å². The van der Waals surface area contributed by atoms with Crippen molar-refractivity contribution in [1.82, 2.24) is 0 Å². The van der Waals surface area contributed by atoms with Crippen LogP contribution in [0.2, 0.25) is 0 Å².